The van der Waals surface area contributed by atoms with Crippen LogP contribution in [0.2, 0.25) is 5.15 Å². The van der Waals surface area contributed by atoms with E-state index in [0.29, 0.717) is 17.7 Å². The Morgan fingerprint density at radius 3 is 2.68 bits per heavy atom. The highest BCUT2D eigenvalue weighted by molar-refractivity contribution is 6.32. The number of hydrogen-bond donors (Lipinski definition) is 0. The van der Waals surface area contributed by atoms with Crippen LogP contribution in [0.4, 0.5) is 5.82 Å². The van der Waals surface area contributed by atoms with Crippen LogP contribution in [0.15, 0.2) is 36.7 Å². The van der Waals surface area contributed by atoms with Gasteiger partial charge in [-0.2, -0.15) is 0 Å². The summed E-state index contributed by atoms with van der Waals surface area (Å²) in [5.41, 5.74) is 1.57. The van der Waals surface area contributed by atoms with E-state index in [1.54, 1.807) is 0 Å². The second kappa shape index (κ2) is 6.29. The zero-order valence-corrected chi connectivity index (χ0v) is 11.3. The van der Waals surface area contributed by atoms with Crippen molar-refractivity contribution in [3.63, 3.8) is 0 Å². The molecule has 1 heterocycles. The molecule has 0 saturated carbocycles. The topological polar surface area (TPSA) is 46.1 Å². The summed E-state index contributed by atoms with van der Waals surface area (Å²) < 4.78 is 0. The molecule has 0 aliphatic heterocycles. The van der Waals surface area contributed by atoms with Crippen molar-refractivity contribution in [2.75, 3.05) is 18.5 Å². The van der Waals surface area contributed by atoms with E-state index in [4.69, 9.17) is 11.6 Å². The fraction of sp³-hybridized carbons (Fsp3) is 0.214. The van der Waals surface area contributed by atoms with Crippen LogP contribution in [-0.2, 0) is 6.42 Å². The summed E-state index contributed by atoms with van der Waals surface area (Å²) in [5.74, 6) is 0.561. The SMILES string of the molecule is CN(CCc1ccccc1)c1ncnc(Cl)c1C=O. The highest BCUT2D eigenvalue weighted by atomic mass is 35.5. The molecule has 0 radical (unpaired) electrons. The number of aldehydes is 1. The number of aromatic nitrogens is 2. The Balaban J connectivity index is 2.10. The maximum Gasteiger partial charge on any atom is 0.156 e. The van der Waals surface area contributed by atoms with Gasteiger partial charge in [0.05, 0.1) is 5.56 Å². The molecule has 4 nitrogen and oxygen atoms in total. The zero-order chi connectivity index (χ0) is 13.7. The minimum absolute atomic E-state index is 0.187. The molecule has 0 N–H and O–H groups in total. The number of rotatable bonds is 5. The molecule has 0 aliphatic carbocycles. The third-order valence-corrected chi connectivity index (χ3v) is 3.17. The number of benzene rings is 1. The average Bonchev–Trinajstić information content (AvgIpc) is 2.45. The van der Waals surface area contributed by atoms with Crippen molar-refractivity contribution in [2.24, 2.45) is 0 Å². The van der Waals surface area contributed by atoms with E-state index < -0.39 is 0 Å². The third-order valence-electron chi connectivity index (χ3n) is 2.87. The van der Waals surface area contributed by atoms with Gasteiger partial charge in [-0.15, -0.1) is 0 Å². The average molecular weight is 276 g/mol. The molecule has 0 spiro atoms. The van der Waals surface area contributed by atoms with Crippen molar-refractivity contribution < 1.29 is 4.79 Å². The lowest BCUT2D eigenvalue weighted by molar-refractivity contribution is 0.112. The predicted molar refractivity (Wildman–Crippen MR) is 75.8 cm³/mol. The molecule has 0 aliphatic rings. The van der Waals surface area contributed by atoms with Gasteiger partial charge in [-0.25, -0.2) is 9.97 Å². The van der Waals surface area contributed by atoms with Gasteiger partial charge in [-0.1, -0.05) is 41.9 Å². The lowest BCUT2D eigenvalue weighted by Crippen LogP contribution is -2.23. The normalized spacial score (nSPS) is 10.2. The van der Waals surface area contributed by atoms with Gasteiger partial charge in [0.15, 0.2) is 6.29 Å². The number of hydrogen-bond acceptors (Lipinski definition) is 4. The van der Waals surface area contributed by atoms with Gasteiger partial charge < -0.3 is 4.90 Å². The van der Waals surface area contributed by atoms with Crippen molar-refractivity contribution in [3.8, 4) is 0 Å². The predicted octanol–water partition coefficient (Wildman–Crippen LogP) is 2.62. The lowest BCUT2D eigenvalue weighted by atomic mass is 10.1. The first-order chi connectivity index (χ1) is 9.22. The van der Waals surface area contributed by atoms with Gasteiger partial charge in [-0.3, -0.25) is 4.79 Å². The Hall–Kier alpha value is -1.94. The van der Waals surface area contributed by atoms with Crippen molar-refractivity contribution in [3.05, 3.63) is 52.9 Å². The Bertz CT molecular complexity index is 560. The molecule has 0 amide bonds. The molecule has 0 atom stereocenters. The second-order valence-electron chi connectivity index (χ2n) is 4.18. The minimum Gasteiger partial charge on any atom is -0.359 e. The van der Waals surface area contributed by atoms with Gasteiger partial charge in [-0.05, 0) is 12.0 Å². The molecular weight excluding hydrogens is 262 g/mol. The molecule has 0 saturated heterocycles. The first-order valence-electron chi connectivity index (χ1n) is 5.93. The van der Waals surface area contributed by atoms with Crippen LogP contribution in [0.5, 0.6) is 0 Å². The molecule has 2 rings (SSSR count). The number of carbonyl (C=O) groups is 1. The number of likely N-dealkylation sites (N-methyl/N-ethyl adjacent to an activating group) is 1. The second-order valence-corrected chi connectivity index (χ2v) is 4.53. The number of anilines is 1. The molecule has 1 aromatic carbocycles. The quantitative estimate of drug-likeness (QED) is 0.622. The zero-order valence-electron chi connectivity index (χ0n) is 10.6. The van der Waals surface area contributed by atoms with Crippen LogP contribution < -0.4 is 4.90 Å². The fourth-order valence-electron chi connectivity index (χ4n) is 1.82. The lowest BCUT2D eigenvalue weighted by Gasteiger charge is -2.19. The van der Waals surface area contributed by atoms with Crippen molar-refractivity contribution in [1.82, 2.24) is 9.97 Å². The van der Waals surface area contributed by atoms with E-state index in [1.165, 1.54) is 11.9 Å². The van der Waals surface area contributed by atoms with Crippen molar-refractivity contribution in [1.29, 1.82) is 0 Å². The summed E-state index contributed by atoms with van der Waals surface area (Å²) in [5, 5.41) is 0.187. The summed E-state index contributed by atoms with van der Waals surface area (Å²) >= 11 is 5.88. The van der Waals surface area contributed by atoms with Gasteiger partial charge in [0, 0.05) is 13.6 Å². The molecule has 2 aromatic rings. The van der Waals surface area contributed by atoms with Crippen molar-refractivity contribution >= 4 is 23.7 Å². The molecule has 0 fully saturated rings. The molecule has 1 aromatic heterocycles. The highest BCUT2D eigenvalue weighted by Gasteiger charge is 2.12. The Kier molecular flexibility index (Phi) is 4.47. The first kappa shape index (κ1) is 13.5. The monoisotopic (exact) mass is 275 g/mol. The van der Waals surface area contributed by atoms with Gasteiger partial charge in [0.2, 0.25) is 0 Å². The van der Waals surface area contributed by atoms with E-state index >= 15 is 0 Å². The van der Waals surface area contributed by atoms with E-state index in [0.717, 1.165) is 13.0 Å². The largest absolute Gasteiger partial charge is 0.359 e. The van der Waals surface area contributed by atoms with Gasteiger partial charge >= 0.3 is 0 Å². The fourth-order valence-corrected chi connectivity index (χ4v) is 1.99. The minimum atomic E-state index is 0.187. The van der Waals surface area contributed by atoms with Crippen LogP contribution in [0, 0.1) is 0 Å². The summed E-state index contributed by atoms with van der Waals surface area (Å²) in [6, 6.07) is 10.1. The molecule has 19 heavy (non-hydrogen) atoms. The smallest absolute Gasteiger partial charge is 0.156 e. The molecule has 0 unspecified atom stereocenters. The van der Waals surface area contributed by atoms with E-state index in [2.05, 4.69) is 22.1 Å². The Morgan fingerprint density at radius 1 is 1.26 bits per heavy atom. The van der Waals surface area contributed by atoms with E-state index in [-0.39, 0.29) is 5.15 Å². The molecular formula is C14H14ClN3O. The maximum atomic E-state index is 11.0. The summed E-state index contributed by atoms with van der Waals surface area (Å²) in [6.45, 7) is 0.748. The van der Waals surface area contributed by atoms with Gasteiger partial charge in [0.1, 0.15) is 17.3 Å². The third kappa shape index (κ3) is 3.29. The summed E-state index contributed by atoms with van der Waals surface area (Å²) in [4.78, 5) is 20.9. The summed E-state index contributed by atoms with van der Waals surface area (Å²) in [7, 11) is 1.88. The van der Waals surface area contributed by atoms with E-state index in [9.17, 15) is 4.79 Å². The summed E-state index contributed by atoms with van der Waals surface area (Å²) in [6.07, 6.45) is 2.93. The molecule has 5 heteroatoms. The number of halogens is 1. The van der Waals surface area contributed by atoms with Crippen LogP contribution in [0.25, 0.3) is 0 Å². The van der Waals surface area contributed by atoms with Crippen molar-refractivity contribution in [2.45, 2.75) is 6.42 Å². The first-order valence-corrected chi connectivity index (χ1v) is 6.31. The highest BCUT2D eigenvalue weighted by Crippen LogP contribution is 2.20. The van der Waals surface area contributed by atoms with Crippen LogP contribution in [0.3, 0.4) is 0 Å². The standard InChI is InChI=1S/C14H14ClN3O/c1-18(8-7-11-5-3-2-4-6-11)14-12(9-19)13(15)16-10-17-14/h2-6,9-10H,7-8H2,1H3. The van der Waals surface area contributed by atoms with Crippen LogP contribution >= 0.6 is 11.6 Å². The molecule has 98 valence electrons. The Labute approximate surface area is 117 Å². The molecule has 0 bridgehead atoms. The number of nitrogens with zero attached hydrogens (tertiary/aromatic N) is 3. The van der Waals surface area contributed by atoms with Crippen LogP contribution in [0.1, 0.15) is 15.9 Å². The maximum absolute atomic E-state index is 11.0. The van der Waals surface area contributed by atoms with Gasteiger partial charge in [0.25, 0.3) is 0 Å². The van der Waals surface area contributed by atoms with E-state index in [1.807, 2.05) is 30.1 Å². The number of carbonyl (C=O) groups excluding carboxylic acids is 1. The Morgan fingerprint density at radius 2 is 2.00 bits per heavy atom. The van der Waals surface area contributed by atoms with Crippen LogP contribution in [-0.4, -0.2) is 29.8 Å².